The molecule has 0 aromatic heterocycles. The van der Waals surface area contributed by atoms with Crippen molar-refractivity contribution in [3.63, 3.8) is 0 Å². The fraction of sp³-hybridized carbons (Fsp3) is 0.455. The van der Waals surface area contributed by atoms with Crippen molar-refractivity contribution in [3.8, 4) is 0 Å². The molecule has 0 aliphatic carbocycles. The monoisotopic (exact) mass is 213 g/mol. The van der Waals surface area contributed by atoms with Gasteiger partial charge in [-0.05, 0) is 12.5 Å². The molecule has 0 spiro atoms. The molecule has 0 bridgehead atoms. The Hall–Kier alpha value is -0.570. The fourth-order valence-electron chi connectivity index (χ4n) is 1.59. The lowest BCUT2D eigenvalue weighted by Gasteiger charge is -2.28. The molecule has 1 saturated heterocycles. The summed E-state index contributed by atoms with van der Waals surface area (Å²) in [5.74, 6) is 0. The van der Waals surface area contributed by atoms with E-state index in [0.717, 1.165) is 13.2 Å². The van der Waals surface area contributed by atoms with Crippen LogP contribution in [0.5, 0.6) is 0 Å². The van der Waals surface area contributed by atoms with E-state index in [2.05, 4.69) is 36.5 Å². The fourth-order valence-corrected chi connectivity index (χ4v) is 1.59. The van der Waals surface area contributed by atoms with Gasteiger partial charge < -0.3 is 10.1 Å². The topological polar surface area (TPSA) is 21.3 Å². The van der Waals surface area contributed by atoms with Crippen molar-refractivity contribution in [2.24, 2.45) is 0 Å². The second kappa shape index (κ2) is 5.35. The van der Waals surface area contributed by atoms with Gasteiger partial charge >= 0.3 is 0 Å². The van der Waals surface area contributed by atoms with Crippen molar-refractivity contribution in [2.45, 2.75) is 19.1 Å². The Labute approximate surface area is 91.1 Å². The normalized spacial score (nSPS) is 26.6. The lowest BCUT2D eigenvalue weighted by molar-refractivity contribution is 0.0149. The molecule has 3 heteroatoms. The van der Waals surface area contributed by atoms with Gasteiger partial charge in [-0.2, -0.15) is 0 Å². The average molecular weight is 214 g/mol. The maximum atomic E-state index is 5.58. The Bertz CT molecular complexity index is 257. The van der Waals surface area contributed by atoms with E-state index in [1.807, 2.05) is 6.07 Å². The number of benzene rings is 1. The molecule has 1 fully saturated rings. The number of rotatable bonds is 1. The Kier molecular flexibility index (Phi) is 4.39. The lowest BCUT2D eigenvalue weighted by Crippen LogP contribution is -2.39. The molecular weight excluding hydrogens is 198 g/mol. The molecule has 2 unspecified atom stereocenters. The van der Waals surface area contributed by atoms with Crippen molar-refractivity contribution < 1.29 is 4.74 Å². The third kappa shape index (κ3) is 2.71. The van der Waals surface area contributed by atoms with Gasteiger partial charge in [0.05, 0.1) is 18.8 Å². The smallest absolute Gasteiger partial charge is 0.0672 e. The minimum atomic E-state index is 0. The molecule has 1 aromatic carbocycles. The first-order valence-electron chi connectivity index (χ1n) is 4.76. The molecule has 2 atom stereocenters. The van der Waals surface area contributed by atoms with E-state index in [9.17, 15) is 0 Å². The molecule has 1 aliphatic heterocycles. The van der Waals surface area contributed by atoms with E-state index < -0.39 is 0 Å². The van der Waals surface area contributed by atoms with Gasteiger partial charge in [0.25, 0.3) is 0 Å². The summed E-state index contributed by atoms with van der Waals surface area (Å²) in [7, 11) is 0. The zero-order chi connectivity index (χ0) is 9.10. The predicted molar refractivity (Wildman–Crippen MR) is 59.8 cm³/mol. The van der Waals surface area contributed by atoms with Gasteiger partial charge in [-0.25, -0.2) is 0 Å². The number of hydrogen-bond donors (Lipinski definition) is 1. The molecule has 14 heavy (non-hydrogen) atoms. The molecule has 0 saturated carbocycles. The molecular formula is C11H16ClNO. The van der Waals surface area contributed by atoms with Crippen LogP contribution in [0.2, 0.25) is 0 Å². The molecule has 1 N–H and O–H groups in total. The zero-order valence-electron chi connectivity index (χ0n) is 8.27. The highest BCUT2D eigenvalue weighted by Crippen LogP contribution is 2.16. The summed E-state index contributed by atoms with van der Waals surface area (Å²) in [5.41, 5.74) is 1.31. The Morgan fingerprint density at radius 2 is 2.00 bits per heavy atom. The van der Waals surface area contributed by atoms with Gasteiger partial charge in [-0.1, -0.05) is 30.3 Å². The summed E-state index contributed by atoms with van der Waals surface area (Å²) in [6.07, 6.45) is 0.347. The van der Waals surface area contributed by atoms with E-state index in [-0.39, 0.29) is 12.4 Å². The molecule has 1 aromatic rings. The van der Waals surface area contributed by atoms with Crippen LogP contribution in [-0.2, 0) is 4.74 Å². The molecule has 0 amide bonds. The van der Waals surface area contributed by atoms with Crippen LogP contribution in [0, 0.1) is 0 Å². The summed E-state index contributed by atoms with van der Waals surface area (Å²) in [5, 5.41) is 3.46. The Balaban J connectivity index is 0.000000980. The highest BCUT2D eigenvalue weighted by molar-refractivity contribution is 5.85. The van der Waals surface area contributed by atoms with E-state index in [1.54, 1.807) is 0 Å². The molecule has 78 valence electrons. The number of halogens is 1. The van der Waals surface area contributed by atoms with Crippen LogP contribution in [0.3, 0.4) is 0 Å². The van der Waals surface area contributed by atoms with Crippen molar-refractivity contribution in [1.29, 1.82) is 0 Å². The van der Waals surface area contributed by atoms with Crippen LogP contribution in [0.25, 0.3) is 0 Å². The van der Waals surface area contributed by atoms with Gasteiger partial charge in [0, 0.05) is 6.54 Å². The van der Waals surface area contributed by atoms with Crippen LogP contribution in [0.4, 0.5) is 0 Å². The van der Waals surface area contributed by atoms with Gasteiger partial charge in [0.1, 0.15) is 0 Å². The standard InChI is InChI=1S/C11H15NO.ClH/c1-9-7-12-11(8-13-9)10-5-3-2-4-6-10;/h2-6,9,11-12H,7-8H2,1H3;1H. The van der Waals surface area contributed by atoms with E-state index >= 15 is 0 Å². The first-order chi connectivity index (χ1) is 6.36. The SMILES string of the molecule is CC1CNC(c2ccccc2)CO1.Cl. The molecule has 2 rings (SSSR count). The molecule has 0 radical (unpaired) electrons. The van der Waals surface area contributed by atoms with Gasteiger partial charge in [-0.15, -0.1) is 12.4 Å². The Morgan fingerprint density at radius 3 is 2.57 bits per heavy atom. The maximum absolute atomic E-state index is 5.58. The number of nitrogens with one attached hydrogen (secondary N) is 1. The second-order valence-corrected chi connectivity index (χ2v) is 3.52. The Morgan fingerprint density at radius 1 is 1.29 bits per heavy atom. The van der Waals surface area contributed by atoms with E-state index in [4.69, 9.17) is 4.74 Å². The third-order valence-electron chi connectivity index (χ3n) is 2.40. The van der Waals surface area contributed by atoms with Crippen molar-refractivity contribution in [1.82, 2.24) is 5.32 Å². The summed E-state index contributed by atoms with van der Waals surface area (Å²) in [6, 6.07) is 10.8. The van der Waals surface area contributed by atoms with Gasteiger partial charge in [0.15, 0.2) is 0 Å². The molecule has 1 aliphatic rings. The number of morpholine rings is 1. The minimum absolute atomic E-state index is 0. The third-order valence-corrected chi connectivity index (χ3v) is 2.40. The highest BCUT2D eigenvalue weighted by atomic mass is 35.5. The summed E-state index contributed by atoms with van der Waals surface area (Å²) < 4.78 is 5.58. The van der Waals surface area contributed by atoms with Gasteiger partial charge in [-0.3, -0.25) is 0 Å². The van der Waals surface area contributed by atoms with Crippen molar-refractivity contribution >= 4 is 12.4 Å². The number of hydrogen-bond acceptors (Lipinski definition) is 2. The van der Waals surface area contributed by atoms with Crippen molar-refractivity contribution in [2.75, 3.05) is 13.2 Å². The van der Waals surface area contributed by atoms with Gasteiger partial charge in [0.2, 0.25) is 0 Å². The summed E-state index contributed by atoms with van der Waals surface area (Å²) in [4.78, 5) is 0. The predicted octanol–water partition coefficient (Wildman–Crippen LogP) is 2.16. The maximum Gasteiger partial charge on any atom is 0.0672 e. The first kappa shape index (κ1) is 11.5. The van der Waals surface area contributed by atoms with Crippen LogP contribution in [0.1, 0.15) is 18.5 Å². The first-order valence-corrected chi connectivity index (χ1v) is 4.76. The van der Waals surface area contributed by atoms with Crippen LogP contribution in [-0.4, -0.2) is 19.3 Å². The van der Waals surface area contributed by atoms with E-state index in [1.165, 1.54) is 5.56 Å². The molecule has 1 heterocycles. The summed E-state index contributed by atoms with van der Waals surface area (Å²) >= 11 is 0. The number of ether oxygens (including phenoxy) is 1. The second-order valence-electron chi connectivity index (χ2n) is 3.52. The lowest BCUT2D eigenvalue weighted by atomic mass is 10.1. The average Bonchev–Trinajstić information content (AvgIpc) is 2.20. The van der Waals surface area contributed by atoms with E-state index in [0.29, 0.717) is 12.1 Å². The van der Waals surface area contributed by atoms with Crippen molar-refractivity contribution in [3.05, 3.63) is 35.9 Å². The quantitative estimate of drug-likeness (QED) is 0.772. The van der Waals surface area contributed by atoms with Crippen LogP contribution in [0.15, 0.2) is 30.3 Å². The summed E-state index contributed by atoms with van der Waals surface area (Å²) in [6.45, 7) is 3.82. The van der Waals surface area contributed by atoms with Crippen LogP contribution >= 0.6 is 12.4 Å². The largest absolute Gasteiger partial charge is 0.375 e. The zero-order valence-corrected chi connectivity index (χ0v) is 9.09. The molecule has 2 nitrogen and oxygen atoms in total. The highest BCUT2D eigenvalue weighted by Gasteiger charge is 2.18. The minimum Gasteiger partial charge on any atom is -0.375 e. The van der Waals surface area contributed by atoms with Crippen LogP contribution < -0.4 is 5.32 Å².